The number of carbonyl (C=O) groups excluding carboxylic acids is 1. The van der Waals surface area contributed by atoms with E-state index in [1.54, 1.807) is 0 Å². The van der Waals surface area contributed by atoms with Crippen LogP contribution in [0.4, 0.5) is 0 Å². The second kappa shape index (κ2) is 2.64. The van der Waals surface area contributed by atoms with E-state index >= 15 is 0 Å². The minimum Gasteiger partial charge on any atom is -0.382 e. The van der Waals surface area contributed by atoms with Gasteiger partial charge in [-0.3, -0.25) is 4.79 Å². The summed E-state index contributed by atoms with van der Waals surface area (Å²) in [6.07, 6.45) is -1.21. The van der Waals surface area contributed by atoms with Crippen LogP contribution in [0, 0.1) is 0 Å². The Labute approximate surface area is 47.5 Å². The Balaban J connectivity index is 3.64. The number of aliphatic hydroxyl groups excluding tert-OH is 1. The summed E-state index contributed by atoms with van der Waals surface area (Å²) in [7, 11) is 0. The first-order valence-electron chi connectivity index (χ1n) is 2.28. The van der Waals surface area contributed by atoms with Crippen molar-refractivity contribution in [3.8, 4) is 0 Å². The van der Waals surface area contributed by atoms with Gasteiger partial charge in [0, 0.05) is 6.04 Å². The Morgan fingerprint density at radius 1 is 1.75 bits per heavy atom. The molecule has 8 heavy (non-hydrogen) atoms. The van der Waals surface area contributed by atoms with Gasteiger partial charge in [0.05, 0.1) is 0 Å². The van der Waals surface area contributed by atoms with Crippen LogP contribution in [-0.2, 0) is 4.79 Å². The first-order valence-corrected chi connectivity index (χ1v) is 2.28. The summed E-state index contributed by atoms with van der Waals surface area (Å²) < 4.78 is 0. The SMILES string of the molecule is CC(N)C(O)C(N)=O. The fourth-order valence-electron chi connectivity index (χ4n) is 0.259. The van der Waals surface area contributed by atoms with Crippen molar-refractivity contribution in [2.75, 3.05) is 0 Å². The van der Waals surface area contributed by atoms with Crippen LogP contribution >= 0.6 is 0 Å². The minimum atomic E-state index is -1.21. The molecule has 0 aromatic rings. The molecular formula is C4H10N2O2. The highest BCUT2D eigenvalue weighted by molar-refractivity contribution is 5.79. The van der Waals surface area contributed by atoms with Crippen LogP contribution in [-0.4, -0.2) is 23.2 Å². The van der Waals surface area contributed by atoms with E-state index < -0.39 is 18.1 Å². The lowest BCUT2D eigenvalue weighted by atomic mass is 10.2. The van der Waals surface area contributed by atoms with Gasteiger partial charge in [0.2, 0.25) is 5.91 Å². The Morgan fingerprint density at radius 2 is 2.12 bits per heavy atom. The Bertz CT molecular complexity index is 92.0. The second-order valence-corrected chi connectivity index (χ2v) is 1.71. The molecule has 0 saturated carbocycles. The summed E-state index contributed by atoms with van der Waals surface area (Å²) in [4.78, 5) is 10.0. The molecular weight excluding hydrogens is 108 g/mol. The lowest BCUT2D eigenvalue weighted by Crippen LogP contribution is -2.41. The summed E-state index contributed by atoms with van der Waals surface area (Å²) >= 11 is 0. The standard InChI is InChI=1S/C4H10N2O2/c1-2(5)3(7)4(6)8/h2-3,7H,5H2,1H3,(H2,6,8). The monoisotopic (exact) mass is 118 g/mol. The number of nitrogens with two attached hydrogens (primary N) is 2. The van der Waals surface area contributed by atoms with Crippen LogP contribution in [0.15, 0.2) is 0 Å². The number of rotatable bonds is 2. The summed E-state index contributed by atoms with van der Waals surface area (Å²) in [5.74, 6) is -0.778. The number of primary amides is 1. The van der Waals surface area contributed by atoms with Crippen molar-refractivity contribution in [3.05, 3.63) is 0 Å². The molecule has 0 aliphatic heterocycles. The Morgan fingerprint density at radius 3 is 2.12 bits per heavy atom. The molecule has 48 valence electrons. The summed E-state index contributed by atoms with van der Waals surface area (Å²) in [6.45, 7) is 1.51. The van der Waals surface area contributed by atoms with Crippen LogP contribution in [0.2, 0.25) is 0 Å². The molecule has 0 spiro atoms. The molecule has 0 aromatic carbocycles. The number of amides is 1. The molecule has 0 aliphatic rings. The largest absolute Gasteiger partial charge is 0.382 e. The van der Waals surface area contributed by atoms with Crippen LogP contribution in [0.1, 0.15) is 6.92 Å². The predicted octanol–water partition coefficient (Wildman–Crippen LogP) is -1.82. The summed E-state index contributed by atoms with van der Waals surface area (Å²) in [5, 5.41) is 8.60. The quantitative estimate of drug-likeness (QED) is 0.399. The molecule has 0 bridgehead atoms. The van der Waals surface area contributed by atoms with Gasteiger partial charge >= 0.3 is 0 Å². The van der Waals surface area contributed by atoms with Gasteiger partial charge in [0.1, 0.15) is 6.10 Å². The van der Waals surface area contributed by atoms with Crippen molar-refractivity contribution in [2.45, 2.75) is 19.1 Å². The maximum Gasteiger partial charge on any atom is 0.247 e. The Hall–Kier alpha value is -0.610. The van der Waals surface area contributed by atoms with E-state index in [2.05, 4.69) is 5.73 Å². The first kappa shape index (κ1) is 7.39. The van der Waals surface area contributed by atoms with Gasteiger partial charge in [-0.15, -0.1) is 0 Å². The van der Waals surface area contributed by atoms with Gasteiger partial charge in [-0.05, 0) is 6.92 Å². The van der Waals surface area contributed by atoms with Crippen molar-refractivity contribution < 1.29 is 9.90 Å². The van der Waals surface area contributed by atoms with E-state index in [1.165, 1.54) is 6.92 Å². The maximum atomic E-state index is 10.0. The fourth-order valence-corrected chi connectivity index (χ4v) is 0.259. The zero-order chi connectivity index (χ0) is 6.73. The third-order valence-electron chi connectivity index (χ3n) is 0.790. The molecule has 4 heteroatoms. The highest BCUT2D eigenvalue weighted by atomic mass is 16.3. The highest BCUT2D eigenvalue weighted by Crippen LogP contribution is 1.84. The highest BCUT2D eigenvalue weighted by Gasteiger charge is 2.14. The molecule has 4 nitrogen and oxygen atoms in total. The van der Waals surface area contributed by atoms with Crippen molar-refractivity contribution in [1.29, 1.82) is 0 Å². The van der Waals surface area contributed by atoms with Gasteiger partial charge in [0.25, 0.3) is 0 Å². The van der Waals surface area contributed by atoms with E-state index in [0.29, 0.717) is 0 Å². The normalized spacial score (nSPS) is 17.4. The number of carbonyl (C=O) groups is 1. The molecule has 2 atom stereocenters. The van der Waals surface area contributed by atoms with Crippen LogP contribution in [0.3, 0.4) is 0 Å². The number of aliphatic hydroxyl groups is 1. The third kappa shape index (κ3) is 1.90. The molecule has 0 fully saturated rings. The topological polar surface area (TPSA) is 89.3 Å². The van der Waals surface area contributed by atoms with Crippen LogP contribution < -0.4 is 11.5 Å². The van der Waals surface area contributed by atoms with Crippen molar-refractivity contribution in [2.24, 2.45) is 11.5 Å². The number of hydrogen-bond donors (Lipinski definition) is 3. The van der Waals surface area contributed by atoms with Gasteiger partial charge in [0.15, 0.2) is 0 Å². The van der Waals surface area contributed by atoms with E-state index in [9.17, 15) is 4.79 Å². The molecule has 5 N–H and O–H groups in total. The van der Waals surface area contributed by atoms with Crippen LogP contribution in [0.5, 0.6) is 0 Å². The average molecular weight is 118 g/mol. The zero-order valence-corrected chi connectivity index (χ0v) is 4.66. The van der Waals surface area contributed by atoms with Crippen molar-refractivity contribution in [3.63, 3.8) is 0 Å². The molecule has 2 unspecified atom stereocenters. The van der Waals surface area contributed by atoms with Crippen molar-refractivity contribution >= 4 is 5.91 Å². The van der Waals surface area contributed by atoms with Gasteiger partial charge in [-0.2, -0.15) is 0 Å². The van der Waals surface area contributed by atoms with Gasteiger partial charge in [-0.1, -0.05) is 0 Å². The zero-order valence-electron chi connectivity index (χ0n) is 4.66. The Kier molecular flexibility index (Phi) is 2.44. The number of hydrogen-bond acceptors (Lipinski definition) is 3. The van der Waals surface area contributed by atoms with Crippen molar-refractivity contribution in [1.82, 2.24) is 0 Å². The molecule has 0 radical (unpaired) electrons. The van der Waals surface area contributed by atoms with Gasteiger partial charge in [-0.25, -0.2) is 0 Å². The smallest absolute Gasteiger partial charge is 0.247 e. The van der Waals surface area contributed by atoms with E-state index in [1.807, 2.05) is 0 Å². The second-order valence-electron chi connectivity index (χ2n) is 1.71. The fraction of sp³-hybridized carbons (Fsp3) is 0.750. The van der Waals surface area contributed by atoms with E-state index in [-0.39, 0.29) is 0 Å². The first-order chi connectivity index (χ1) is 3.55. The summed E-state index contributed by atoms with van der Waals surface area (Å²) in [5.41, 5.74) is 9.75. The van der Waals surface area contributed by atoms with E-state index in [4.69, 9.17) is 10.8 Å². The third-order valence-corrected chi connectivity index (χ3v) is 0.790. The minimum absolute atomic E-state index is 0.576. The average Bonchev–Trinajstić information content (AvgIpc) is 1.64. The maximum absolute atomic E-state index is 10.0. The molecule has 0 aromatic heterocycles. The lowest BCUT2D eigenvalue weighted by Gasteiger charge is -2.08. The molecule has 0 heterocycles. The summed E-state index contributed by atoms with van der Waals surface area (Å²) in [6, 6.07) is -0.576. The predicted molar refractivity (Wildman–Crippen MR) is 28.9 cm³/mol. The molecule has 0 rings (SSSR count). The van der Waals surface area contributed by atoms with E-state index in [0.717, 1.165) is 0 Å². The van der Waals surface area contributed by atoms with Crippen LogP contribution in [0.25, 0.3) is 0 Å². The molecule has 0 saturated heterocycles. The molecule has 0 aliphatic carbocycles. The molecule has 1 amide bonds. The lowest BCUT2D eigenvalue weighted by molar-refractivity contribution is -0.126. The van der Waals surface area contributed by atoms with Gasteiger partial charge < -0.3 is 16.6 Å².